The molecule has 7 heteroatoms. The third kappa shape index (κ3) is 3.21. The molecule has 1 saturated heterocycles. The van der Waals surface area contributed by atoms with Gasteiger partial charge in [0.25, 0.3) is 11.8 Å². The number of nitrogens with zero attached hydrogens (tertiary/aromatic N) is 2. The highest BCUT2D eigenvalue weighted by molar-refractivity contribution is 6.06. The molecule has 1 fully saturated rings. The molecule has 0 aromatic heterocycles. The molecule has 4 amide bonds. The SMILES string of the molecule is C[C@@H]1c2ccccc2CCN1C(=O)c1ccc2c(c1)CN(C1CCC(=O)NC1=O)C2=O. The zero-order chi connectivity index (χ0) is 21.7. The largest absolute Gasteiger partial charge is 0.332 e. The van der Waals surface area contributed by atoms with Gasteiger partial charge in [0.1, 0.15) is 6.04 Å². The van der Waals surface area contributed by atoms with Crippen LogP contribution in [-0.2, 0) is 22.6 Å². The summed E-state index contributed by atoms with van der Waals surface area (Å²) in [6.07, 6.45) is 1.36. The van der Waals surface area contributed by atoms with Crippen molar-refractivity contribution in [2.75, 3.05) is 6.54 Å². The predicted octanol–water partition coefficient (Wildman–Crippen LogP) is 2.21. The molecule has 0 saturated carbocycles. The Bertz CT molecular complexity index is 1130. The number of fused-ring (bicyclic) bond motifs is 2. The van der Waals surface area contributed by atoms with Gasteiger partial charge in [0, 0.05) is 30.6 Å². The van der Waals surface area contributed by atoms with Gasteiger partial charge in [0.2, 0.25) is 11.8 Å². The third-order valence-electron chi connectivity index (χ3n) is 6.63. The van der Waals surface area contributed by atoms with Gasteiger partial charge in [-0.1, -0.05) is 24.3 Å². The van der Waals surface area contributed by atoms with E-state index >= 15 is 0 Å². The second-order valence-electron chi connectivity index (χ2n) is 8.40. The first-order valence-electron chi connectivity index (χ1n) is 10.6. The zero-order valence-electron chi connectivity index (χ0n) is 17.3. The van der Waals surface area contributed by atoms with Crippen molar-refractivity contribution in [3.8, 4) is 0 Å². The summed E-state index contributed by atoms with van der Waals surface area (Å²) in [5, 5.41) is 2.31. The molecule has 0 bridgehead atoms. The van der Waals surface area contributed by atoms with E-state index < -0.39 is 11.9 Å². The van der Waals surface area contributed by atoms with Crippen molar-refractivity contribution >= 4 is 23.6 Å². The lowest BCUT2D eigenvalue weighted by molar-refractivity contribution is -0.136. The number of benzene rings is 2. The number of amides is 4. The fraction of sp³-hybridized carbons (Fsp3) is 0.333. The van der Waals surface area contributed by atoms with Crippen molar-refractivity contribution in [2.24, 2.45) is 0 Å². The van der Waals surface area contributed by atoms with Crippen LogP contribution in [0.2, 0.25) is 0 Å². The van der Waals surface area contributed by atoms with Crippen LogP contribution >= 0.6 is 0 Å². The molecular formula is C24H23N3O4. The lowest BCUT2D eigenvalue weighted by Crippen LogP contribution is -2.52. The summed E-state index contributed by atoms with van der Waals surface area (Å²) < 4.78 is 0. The molecule has 1 N–H and O–H groups in total. The van der Waals surface area contributed by atoms with Crippen LogP contribution in [0.1, 0.15) is 63.2 Å². The maximum atomic E-state index is 13.3. The summed E-state index contributed by atoms with van der Waals surface area (Å²) in [6.45, 7) is 2.95. The minimum Gasteiger partial charge on any atom is -0.332 e. The predicted molar refractivity (Wildman–Crippen MR) is 112 cm³/mol. The van der Waals surface area contributed by atoms with Crippen molar-refractivity contribution in [1.29, 1.82) is 0 Å². The minimum absolute atomic E-state index is 0.0210. The Labute approximate surface area is 180 Å². The van der Waals surface area contributed by atoms with E-state index in [1.165, 1.54) is 16.0 Å². The molecule has 0 radical (unpaired) electrons. The molecule has 3 aliphatic heterocycles. The number of hydrogen-bond donors (Lipinski definition) is 1. The molecule has 2 atom stereocenters. The Morgan fingerprint density at radius 1 is 1.03 bits per heavy atom. The molecule has 31 heavy (non-hydrogen) atoms. The van der Waals surface area contributed by atoms with Crippen LogP contribution in [0, 0.1) is 0 Å². The molecule has 5 rings (SSSR count). The Morgan fingerprint density at radius 2 is 1.84 bits per heavy atom. The standard InChI is InChI=1S/C24H23N3O4/c1-14-18-5-3-2-4-15(18)10-11-26(14)23(30)16-6-7-19-17(12-16)13-27(24(19)31)20-8-9-21(28)25-22(20)29/h2-7,12,14,20H,8-11,13H2,1H3,(H,25,28,29)/t14-,20?/m1/s1. The molecular weight excluding hydrogens is 394 g/mol. The zero-order valence-corrected chi connectivity index (χ0v) is 17.3. The van der Waals surface area contributed by atoms with Crippen LogP contribution in [0.4, 0.5) is 0 Å². The number of hydrogen-bond acceptors (Lipinski definition) is 4. The third-order valence-corrected chi connectivity index (χ3v) is 6.63. The fourth-order valence-corrected chi connectivity index (χ4v) is 4.92. The number of rotatable bonds is 2. The van der Waals surface area contributed by atoms with E-state index in [1.54, 1.807) is 18.2 Å². The molecule has 0 aliphatic carbocycles. The van der Waals surface area contributed by atoms with E-state index in [9.17, 15) is 19.2 Å². The summed E-state index contributed by atoms with van der Waals surface area (Å²) in [4.78, 5) is 53.2. The molecule has 2 aromatic carbocycles. The maximum Gasteiger partial charge on any atom is 0.255 e. The first kappa shape index (κ1) is 19.5. The van der Waals surface area contributed by atoms with E-state index in [0.29, 0.717) is 24.1 Å². The van der Waals surface area contributed by atoms with Gasteiger partial charge >= 0.3 is 0 Å². The number of carbonyl (C=O) groups is 4. The van der Waals surface area contributed by atoms with Gasteiger partial charge in [-0.15, -0.1) is 0 Å². The molecule has 3 aliphatic rings. The van der Waals surface area contributed by atoms with Gasteiger partial charge in [-0.25, -0.2) is 0 Å². The number of nitrogens with one attached hydrogen (secondary N) is 1. The molecule has 7 nitrogen and oxygen atoms in total. The topological polar surface area (TPSA) is 86.8 Å². The monoisotopic (exact) mass is 417 g/mol. The van der Waals surface area contributed by atoms with E-state index in [2.05, 4.69) is 17.4 Å². The number of imide groups is 1. The summed E-state index contributed by atoms with van der Waals surface area (Å²) in [5.41, 5.74) is 4.24. The molecule has 1 unspecified atom stereocenters. The van der Waals surface area contributed by atoms with Crippen molar-refractivity contribution in [3.63, 3.8) is 0 Å². The highest BCUT2D eigenvalue weighted by Crippen LogP contribution is 2.32. The van der Waals surface area contributed by atoms with Gasteiger partial charge in [-0.05, 0) is 54.7 Å². The second-order valence-corrected chi connectivity index (χ2v) is 8.40. The van der Waals surface area contributed by atoms with Crippen molar-refractivity contribution in [3.05, 3.63) is 70.3 Å². The molecule has 2 aromatic rings. The Hall–Kier alpha value is -3.48. The molecule has 158 valence electrons. The van der Waals surface area contributed by atoms with E-state index in [1.807, 2.05) is 24.0 Å². The van der Waals surface area contributed by atoms with Gasteiger partial charge in [-0.2, -0.15) is 0 Å². The quantitative estimate of drug-likeness (QED) is 0.759. The average Bonchev–Trinajstić information content (AvgIpc) is 3.09. The first-order valence-corrected chi connectivity index (χ1v) is 10.6. The van der Waals surface area contributed by atoms with Crippen LogP contribution in [0.5, 0.6) is 0 Å². The molecule has 0 spiro atoms. The van der Waals surface area contributed by atoms with Crippen LogP contribution in [-0.4, -0.2) is 46.0 Å². The number of piperidine rings is 1. The first-order chi connectivity index (χ1) is 14.9. The van der Waals surface area contributed by atoms with Crippen LogP contribution in [0.3, 0.4) is 0 Å². The fourth-order valence-electron chi connectivity index (χ4n) is 4.92. The van der Waals surface area contributed by atoms with Crippen molar-refractivity contribution in [1.82, 2.24) is 15.1 Å². The summed E-state index contributed by atoms with van der Waals surface area (Å²) in [6, 6.07) is 12.7. The number of carbonyl (C=O) groups excluding carboxylic acids is 4. The summed E-state index contributed by atoms with van der Waals surface area (Å²) in [7, 11) is 0. The van der Waals surface area contributed by atoms with Gasteiger partial charge < -0.3 is 9.80 Å². The van der Waals surface area contributed by atoms with E-state index in [-0.39, 0.29) is 36.7 Å². The molecule has 3 heterocycles. The van der Waals surface area contributed by atoms with Crippen molar-refractivity contribution < 1.29 is 19.2 Å². The highest BCUT2D eigenvalue weighted by Gasteiger charge is 2.39. The lowest BCUT2D eigenvalue weighted by atomic mass is 9.93. The van der Waals surface area contributed by atoms with Crippen LogP contribution in [0.15, 0.2) is 42.5 Å². The van der Waals surface area contributed by atoms with Crippen LogP contribution in [0.25, 0.3) is 0 Å². The van der Waals surface area contributed by atoms with E-state index in [0.717, 1.165) is 12.0 Å². The summed E-state index contributed by atoms with van der Waals surface area (Å²) >= 11 is 0. The smallest absolute Gasteiger partial charge is 0.255 e. The Kier molecular flexibility index (Phi) is 4.61. The average molecular weight is 417 g/mol. The second kappa shape index (κ2) is 7.34. The minimum atomic E-state index is -0.657. The maximum absolute atomic E-state index is 13.3. The van der Waals surface area contributed by atoms with Gasteiger partial charge in [0.05, 0.1) is 6.04 Å². The van der Waals surface area contributed by atoms with Gasteiger partial charge in [-0.3, -0.25) is 24.5 Å². The Morgan fingerprint density at radius 3 is 2.65 bits per heavy atom. The summed E-state index contributed by atoms with van der Waals surface area (Å²) in [5.74, 6) is -1.04. The van der Waals surface area contributed by atoms with Crippen LogP contribution < -0.4 is 5.32 Å². The highest BCUT2D eigenvalue weighted by atomic mass is 16.2. The lowest BCUT2D eigenvalue weighted by Gasteiger charge is -2.35. The van der Waals surface area contributed by atoms with Crippen molar-refractivity contribution in [2.45, 2.75) is 44.8 Å². The van der Waals surface area contributed by atoms with E-state index in [4.69, 9.17) is 0 Å². The normalized spacial score (nSPS) is 22.8. The van der Waals surface area contributed by atoms with Gasteiger partial charge in [0.15, 0.2) is 0 Å². The Balaban J connectivity index is 1.38.